The molecule has 1 aliphatic heterocycles. The first-order chi connectivity index (χ1) is 14.8. The highest BCUT2D eigenvalue weighted by molar-refractivity contribution is 6.46. The first-order valence-electron chi connectivity index (χ1n) is 10.6. The molecule has 0 spiro atoms. The van der Waals surface area contributed by atoms with Crippen molar-refractivity contribution in [2.24, 2.45) is 0 Å². The lowest BCUT2D eigenvalue weighted by atomic mass is 9.95. The molecule has 0 aliphatic carbocycles. The van der Waals surface area contributed by atoms with E-state index >= 15 is 0 Å². The van der Waals surface area contributed by atoms with E-state index in [2.05, 4.69) is 0 Å². The summed E-state index contributed by atoms with van der Waals surface area (Å²) >= 11 is 0. The Morgan fingerprint density at radius 2 is 1.71 bits per heavy atom. The third kappa shape index (κ3) is 4.97. The van der Waals surface area contributed by atoms with E-state index in [0.29, 0.717) is 24.5 Å². The van der Waals surface area contributed by atoms with Gasteiger partial charge in [0.15, 0.2) is 0 Å². The quantitative estimate of drug-likeness (QED) is 0.398. The lowest BCUT2D eigenvalue weighted by Crippen LogP contribution is -2.32. The number of aliphatic hydroxyl groups is 1. The second kappa shape index (κ2) is 9.79. The Kier molecular flexibility index (Phi) is 7.13. The highest BCUT2D eigenvalue weighted by Gasteiger charge is 2.45. The number of aryl methyl sites for hydroxylation is 1. The Labute approximate surface area is 183 Å². The summed E-state index contributed by atoms with van der Waals surface area (Å²) in [4.78, 5) is 29.5. The summed E-state index contributed by atoms with van der Waals surface area (Å²) in [5.74, 6) is -0.658. The van der Waals surface area contributed by atoms with Crippen LogP contribution in [0.1, 0.15) is 36.1 Å². The van der Waals surface area contributed by atoms with E-state index in [9.17, 15) is 14.7 Å². The first kappa shape index (κ1) is 22.6. The Hall–Kier alpha value is -3.12. The fourth-order valence-electron chi connectivity index (χ4n) is 3.79. The number of ether oxygens (including phenoxy) is 1. The van der Waals surface area contributed by atoms with Crippen molar-refractivity contribution in [2.75, 3.05) is 33.8 Å². The van der Waals surface area contributed by atoms with E-state index in [0.717, 1.165) is 24.1 Å². The number of Topliss-reactive ketones (excluding diaryl/α,β-unsaturated/α-hetero) is 1. The Morgan fingerprint density at radius 3 is 2.29 bits per heavy atom. The molecule has 2 aromatic rings. The maximum absolute atomic E-state index is 13.0. The van der Waals surface area contributed by atoms with Crippen molar-refractivity contribution in [1.29, 1.82) is 0 Å². The molecule has 0 radical (unpaired) electrons. The van der Waals surface area contributed by atoms with Gasteiger partial charge in [0, 0.05) is 12.1 Å². The smallest absolute Gasteiger partial charge is 0.295 e. The van der Waals surface area contributed by atoms with E-state index in [1.165, 1.54) is 0 Å². The van der Waals surface area contributed by atoms with Gasteiger partial charge in [0.1, 0.15) is 11.5 Å². The van der Waals surface area contributed by atoms with Gasteiger partial charge in [0.05, 0.1) is 18.2 Å². The van der Waals surface area contributed by atoms with Crippen LogP contribution in [0.5, 0.6) is 5.75 Å². The Balaban J connectivity index is 2.05. The number of nitrogens with zero attached hydrogens (tertiary/aromatic N) is 2. The minimum atomic E-state index is -0.651. The fourth-order valence-corrected chi connectivity index (χ4v) is 3.79. The number of likely N-dealkylation sites (tertiary alicyclic amines) is 1. The van der Waals surface area contributed by atoms with E-state index in [1.807, 2.05) is 69.2 Å². The number of ketones is 1. The number of aliphatic hydroxyl groups excluding tert-OH is 1. The van der Waals surface area contributed by atoms with Gasteiger partial charge < -0.3 is 19.6 Å². The summed E-state index contributed by atoms with van der Waals surface area (Å²) in [5, 5.41) is 11.0. The number of hydrogen-bond donors (Lipinski definition) is 1. The SMILES string of the molecule is CCOc1ccc(C2C(=C(O)c3ccc(C)cc3)C(=O)C(=O)N2CCCN(C)C)cc1. The largest absolute Gasteiger partial charge is 0.507 e. The van der Waals surface area contributed by atoms with Crippen LogP contribution in [0.25, 0.3) is 5.76 Å². The van der Waals surface area contributed by atoms with Gasteiger partial charge in [-0.05, 0) is 58.6 Å². The molecule has 1 atom stereocenters. The van der Waals surface area contributed by atoms with Gasteiger partial charge in [-0.15, -0.1) is 0 Å². The van der Waals surface area contributed by atoms with E-state index < -0.39 is 17.7 Å². The van der Waals surface area contributed by atoms with Crippen molar-refractivity contribution in [1.82, 2.24) is 9.80 Å². The second-order valence-electron chi connectivity index (χ2n) is 8.02. The van der Waals surface area contributed by atoms with Crippen LogP contribution < -0.4 is 4.74 Å². The van der Waals surface area contributed by atoms with Crippen molar-refractivity contribution in [3.63, 3.8) is 0 Å². The summed E-state index contributed by atoms with van der Waals surface area (Å²) in [6.45, 7) is 5.63. The van der Waals surface area contributed by atoms with Crippen LogP contribution in [0.3, 0.4) is 0 Å². The van der Waals surface area contributed by atoms with Crippen LogP contribution in [-0.4, -0.2) is 60.4 Å². The molecule has 0 aromatic heterocycles. The monoisotopic (exact) mass is 422 g/mol. The minimum absolute atomic E-state index is 0.128. The van der Waals surface area contributed by atoms with Gasteiger partial charge in [-0.25, -0.2) is 0 Å². The summed E-state index contributed by atoms with van der Waals surface area (Å²) in [6.07, 6.45) is 0.720. The number of rotatable bonds is 8. The molecule has 1 heterocycles. The fraction of sp³-hybridized carbons (Fsp3) is 0.360. The molecule has 164 valence electrons. The Bertz CT molecular complexity index is 962. The summed E-state index contributed by atoms with van der Waals surface area (Å²) in [7, 11) is 3.94. The molecule has 3 rings (SSSR count). The molecule has 6 heteroatoms. The number of carbonyl (C=O) groups excluding carboxylic acids is 2. The van der Waals surface area contributed by atoms with Crippen LogP contribution in [0, 0.1) is 6.92 Å². The third-order valence-corrected chi connectivity index (χ3v) is 5.38. The predicted molar refractivity (Wildman–Crippen MR) is 121 cm³/mol. The summed E-state index contributed by atoms with van der Waals surface area (Å²) < 4.78 is 5.52. The van der Waals surface area contributed by atoms with Crippen molar-refractivity contribution in [2.45, 2.75) is 26.3 Å². The van der Waals surface area contributed by atoms with Crippen molar-refractivity contribution < 1.29 is 19.4 Å². The zero-order chi connectivity index (χ0) is 22.5. The maximum atomic E-state index is 13.0. The Morgan fingerprint density at radius 1 is 1.06 bits per heavy atom. The zero-order valence-corrected chi connectivity index (χ0v) is 18.6. The van der Waals surface area contributed by atoms with Gasteiger partial charge in [-0.2, -0.15) is 0 Å². The number of amides is 1. The van der Waals surface area contributed by atoms with Gasteiger partial charge >= 0.3 is 0 Å². The molecule has 1 unspecified atom stereocenters. The highest BCUT2D eigenvalue weighted by atomic mass is 16.5. The zero-order valence-electron chi connectivity index (χ0n) is 18.6. The first-order valence-corrected chi connectivity index (χ1v) is 10.6. The van der Waals surface area contributed by atoms with Gasteiger partial charge in [0.2, 0.25) is 0 Å². The summed E-state index contributed by atoms with van der Waals surface area (Å²) in [5.41, 5.74) is 2.46. The van der Waals surface area contributed by atoms with Crippen LogP contribution >= 0.6 is 0 Å². The van der Waals surface area contributed by atoms with Crippen molar-refractivity contribution >= 4 is 17.4 Å². The normalized spacial score (nSPS) is 18.1. The summed E-state index contributed by atoms with van der Waals surface area (Å²) in [6, 6.07) is 14.0. The molecular formula is C25H30N2O4. The third-order valence-electron chi connectivity index (χ3n) is 5.38. The molecule has 31 heavy (non-hydrogen) atoms. The number of carbonyl (C=O) groups is 2. The lowest BCUT2D eigenvalue weighted by Gasteiger charge is -2.26. The average Bonchev–Trinajstić information content (AvgIpc) is 2.99. The van der Waals surface area contributed by atoms with E-state index in [1.54, 1.807) is 17.0 Å². The highest BCUT2D eigenvalue weighted by Crippen LogP contribution is 2.39. The van der Waals surface area contributed by atoms with E-state index in [-0.39, 0.29) is 11.3 Å². The predicted octanol–water partition coefficient (Wildman–Crippen LogP) is 3.77. The molecule has 0 saturated carbocycles. The van der Waals surface area contributed by atoms with Gasteiger partial charge in [-0.3, -0.25) is 9.59 Å². The number of benzene rings is 2. The van der Waals surface area contributed by atoms with Crippen molar-refractivity contribution in [3.8, 4) is 5.75 Å². The lowest BCUT2D eigenvalue weighted by molar-refractivity contribution is -0.139. The van der Waals surface area contributed by atoms with Crippen LogP contribution in [0.15, 0.2) is 54.1 Å². The maximum Gasteiger partial charge on any atom is 0.295 e. The topological polar surface area (TPSA) is 70.1 Å². The molecule has 1 saturated heterocycles. The van der Waals surface area contributed by atoms with E-state index in [4.69, 9.17) is 4.74 Å². The minimum Gasteiger partial charge on any atom is -0.507 e. The molecular weight excluding hydrogens is 392 g/mol. The molecule has 6 nitrogen and oxygen atoms in total. The average molecular weight is 423 g/mol. The van der Waals surface area contributed by atoms with Crippen molar-refractivity contribution in [3.05, 3.63) is 70.8 Å². The second-order valence-corrected chi connectivity index (χ2v) is 8.02. The van der Waals surface area contributed by atoms with Crippen LogP contribution in [-0.2, 0) is 9.59 Å². The molecule has 0 bridgehead atoms. The molecule has 1 amide bonds. The van der Waals surface area contributed by atoms with Gasteiger partial charge in [0.25, 0.3) is 11.7 Å². The molecule has 2 aromatic carbocycles. The standard InChI is InChI=1S/C25H30N2O4/c1-5-31-20-13-11-18(12-14-20)22-21(23(28)19-9-7-17(2)8-10-19)24(29)25(30)27(22)16-6-15-26(3)4/h7-14,22,28H,5-6,15-16H2,1-4H3. The van der Waals surface area contributed by atoms with Crippen LogP contribution in [0.4, 0.5) is 0 Å². The molecule has 1 N–H and O–H groups in total. The van der Waals surface area contributed by atoms with Gasteiger partial charge in [-0.1, -0.05) is 42.0 Å². The number of hydrogen-bond acceptors (Lipinski definition) is 5. The molecule has 1 fully saturated rings. The van der Waals surface area contributed by atoms with Crippen LogP contribution in [0.2, 0.25) is 0 Å². The molecule has 1 aliphatic rings.